The Balaban J connectivity index is 1.85. The van der Waals surface area contributed by atoms with Crippen LogP contribution in [0.15, 0.2) is 72.4 Å². The first-order valence-electron chi connectivity index (χ1n) is 9.65. The Kier molecular flexibility index (Phi) is 5.18. The standard InChI is InChI=1S/C25H21ClN2O2/c1-15-9-11-20(16(2)13-15)27-23-22(18-7-5-4-6-8-18)24(29)28(25(23)30)21-12-10-19(26)14-17(21)3/h4-14,27H,1-3H3. The maximum Gasteiger partial charge on any atom is 0.282 e. The normalized spacial score (nSPS) is 13.9. The number of hydrogen-bond acceptors (Lipinski definition) is 3. The van der Waals surface area contributed by atoms with E-state index in [1.54, 1.807) is 18.2 Å². The van der Waals surface area contributed by atoms with Gasteiger partial charge < -0.3 is 5.32 Å². The number of anilines is 2. The smallest absolute Gasteiger partial charge is 0.282 e. The molecule has 0 atom stereocenters. The van der Waals surface area contributed by atoms with E-state index in [0.29, 0.717) is 21.8 Å². The van der Waals surface area contributed by atoms with Gasteiger partial charge in [0.25, 0.3) is 11.8 Å². The van der Waals surface area contributed by atoms with E-state index in [0.717, 1.165) is 22.4 Å². The van der Waals surface area contributed by atoms with Crippen molar-refractivity contribution in [3.8, 4) is 0 Å². The van der Waals surface area contributed by atoms with Crippen molar-refractivity contribution in [1.82, 2.24) is 0 Å². The van der Waals surface area contributed by atoms with Crippen molar-refractivity contribution in [2.45, 2.75) is 20.8 Å². The fourth-order valence-corrected chi connectivity index (χ4v) is 3.92. The summed E-state index contributed by atoms with van der Waals surface area (Å²) in [6, 6.07) is 20.3. The van der Waals surface area contributed by atoms with Crippen LogP contribution in [0.4, 0.5) is 11.4 Å². The van der Waals surface area contributed by atoms with Crippen LogP contribution >= 0.6 is 11.6 Å². The maximum atomic E-state index is 13.5. The number of carbonyl (C=O) groups is 2. The molecule has 2 amide bonds. The molecule has 0 aromatic heterocycles. The summed E-state index contributed by atoms with van der Waals surface area (Å²) < 4.78 is 0. The molecule has 150 valence electrons. The van der Waals surface area contributed by atoms with Crippen LogP contribution in [0.3, 0.4) is 0 Å². The van der Waals surface area contributed by atoms with Gasteiger partial charge >= 0.3 is 0 Å². The predicted octanol–water partition coefficient (Wildman–Crippen LogP) is 5.66. The van der Waals surface area contributed by atoms with E-state index in [9.17, 15) is 9.59 Å². The maximum absolute atomic E-state index is 13.5. The van der Waals surface area contributed by atoms with Crippen LogP contribution in [-0.4, -0.2) is 11.8 Å². The molecule has 30 heavy (non-hydrogen) atoms. The van der Waals surface area contributed by atoms with Crippen molar-refractivity contribution in [3.63, 3.8) is 0 Å². The Morgan fingerprint density at radius 3 is 2.20 bits per heavy atom. The molecule has 0 saturated carbocycles. The van der Waals surface area contributed by atoms with Crippen LogP contribution in [0, 0.1) is 20.8 Å². The number of aryl methyl sites for hydroxylation is 3. The van der Waals surface area contributed by atoms with Crippen molar-refractivity contribution in [2.24, 2.45) is 0 Å². The van der Waals surface area contributed by atoms with Crippen LogP contribution in [-0.2, 0) is 9.59 Å². The van der Waals surface area contributed by atoms with Gasteiger partial charge in [-0.1, -0.05) is 59.6 Å². The summed E-state index contributed by atoms with van der Waals surface area (Å²) >= 11 is 6.08. The molecule has 3 aromatic carbocycles. The zero-order valence-electron chi connectivity index (χ0n) is 17.0. The van der Waals surface area contributed by atoms with Crippen molar-refractivity contribution < 1.29 is 9.59 Å². The van der Waals surface area contributed by atoms with Crippen LogP contribution in [0.1, 0.15) is 22.3 Å². The average Bonchev–Trinajstić information content (AvgIpc) is 2.95. The fraction of sp³-hybridized carbons (Fsp3) is 0.120. The molecule has 0 bridgehead atoms. The van der Waals surface area contributed by atoms with Crippen LogP contribution in [0.5, 0.6) is 0 Å². The Morgan fingerprint density at radius 1 is 0.800 bits per heavy atom. The third-order valence-electron chi connectivity index (χ3n) is 5.19. The van der Waals surface area contributed by atoms with Gasteiger partial charge in [-0.15, -0.1) is 0 Å². The first kappa shape index (κ1) is 19.9. The molecule has 1 heterocycles. The molecule has 5 heteroatoms. The van der Waals surface area contributed by atoms with E-state index in [1.807, 2.05) is 69.3 Å². The van der Waals surface area contributed by atoms with Crippen molar-refractivity contribution >= 4 is 40.4 Å². The Labute approximate surface area is 180 Å². The molecule has 4 rings (SSSR count). The van der Waals surface area contributed by atoms with Gasteiger partial charge in [-0.3, -0.25) is 9.59 Å². The molecular formula is C25H21ClN2O2. The quantitative estimate of drug-likeness (QED) is 0.558. The molecule has 1 N–H and O–H groups in total. The lowest BCUT2D eigenvalue weighted by Gasteiger charge is -2.18. The van der Waals surface area contributed by atoms with E-state index in [4.69, 9.17) is 11.6 Å². The van der Waals surface area contributed by atoms with E-state index < -0.39 is 0 Å². The number of imide groups is 1. The van der Waals surface area contributed by atoms with E-state index >= 15 is 0 Å². The highest BCUT2D eigenvalue weighted by molar-refractivity contribution is 6.46. The van der Waals surface area contributed by atoms with Gasteiger partial charge in [0.15, 0.2) is 0 Å². The highest BCUT2D eigenvalue weighted by atomic mass is 35.5. The molecule has 0 fully saturated rings. The van der Waals surface area contributed by atoms with Gasteiger partial charge in [0.2, 0.25) is 0 Å². The lowest BCUT2D eigenvalue weighted by molar-refractivity contribution is -0.120. The van der Waals surface area contributed by atoms with E-state index in [1.165, 1.54) is 4.90 Å². The summed E-state index contributed by atoms with van der Waals surface area (Å²) in [6.07, 6.45) is 0. The highest BCUT2D eigenvalue weighted by Gasteiger charge is 2.40. The number of carbonyl (C=O) groups excluding carboxylic acids is 2. The highest BCUT2D eigenvalue weighted by Crippen LogP contribution is 2.36. The van der Waals surface area contributed by atoms with Crippen LogP contribution < -0.4 is 10.2 Å². The zero-order valence-corrected chi connectivity index (χ0v) is 17.7. The second kappa shape index (κ2) is 7.81. The van der Waals surface area contributed by atoms with E-state index in [2.05, 4.69) is 5.32 Å². The molecular weight excluding hydrogens is 396 g/mol. The Bertz CT molecular complexity index is 1200. The lowest BCUT2D eigenvalue weighted by atomic mass is 10.0. The summed E-state index contributed by atoms with van der Waals surface area (Å²) in [5.41, 5.74) is 5.52. The van der Waals surface area contributed by atoms with Crippen molar-refractivity contribution in [2.75, 3.05) is 10.2 Å². The van der Waals surface area contributed by atoms with Crippen molar-refractivity contribution in [3.05, 3.63) is 99.7 Å². The van der Waals surface area contributed by atoms with Crippen molar-refractivity contribution in [1.29, 1.82) is 0 Å². The first-order valence-corrected chi connectivity index (χ1v) is 10.0. The number of nitrogens with one attached hydrogen (secondary N) is 1. The fourth-order valence-electron chi connectivity index (χ4n) is 3.70. The van der Waals surface area contributed by atoms with Gasteiger partial charge in [-0.25, -0.2) is 4.90 Å². The molecule has 3 aromatic rings. The Morgan fingerprint density at radius 2 is 1.53 bits per heavy atom. The summed E-state index contributed by atoms with van der Waals surface area (Å²) in [7, 11) is 0. The van der Waals surface area contributed by atoms with E-state index in [-0.39, 0.29) is 17.5 Å². The summed E-state index contributed by atoms with van der Waals surface area (Å²) in [5.74, 6) is -0.742. The summed E-state index contributed by atoms with van der Waals surface area (Å²) in [5, 5.41) is 3.79. The van der Waals surface area contributed by atoms with Gasteiger partial charge in [-0.05, 0) is 61.7 Å². The lowest BCUT2D eigenvalue weighted by Crippen LogP contribution is -2.33. The number of benzene rings is 3. The topological polar surface area (TPSA) is 49.4 Å². The predicted molar refractivity (Wildman–Crippen MR) is 122 cm³/mol. The second-order valence-electron chi connectivity index (χ2n) is 7.44. The Hall–Kier alpha value is -3.37. The molecule has 0 saturated heterocycles. The number of hydrogen-bond donors (Lipinski definition) is 1. The molecule has 0 spiro atoms. The minimum atomic E-state index is -0.385. The molecule has 4 nitrogen and oxygen atoms in total. The minimum absolute atomic E-state index is 0.271. The number of nitrogens with zero attached hydrogens (tertiary/aromatic N) is 1. The molecule has 1 aliphatic heterocycles. The second-order valence-corrected chi connectivity index (χ2v) is 7.87. The monoisotopic (exact) mass is 416 g/mol. The van der Waals surface area contributed by atoms with Crippen LogP contribution in [0.2, 0.25) is 5.02 Å². The van der Waals surface area contributed by atoms with Crippen LogP contribution in [0.25, 0.3) is 5.57 Å². The number of amides is 2. The molecule has 0 aliphatic carbocycles. The summed E-state index contributed by atoms with van der Waals surface area (Å²) in [4.78, 5) is 28.2. The number of rotatable bonds is 4. The zero-order chi connectivity index (χ0) is 21.4. The third-order valence-corrected chi connectivity index (χ3v) is 5.42. The van der Waals surface area contributed by atoms with Gasteiger partial charge in [-0.2, -0.15) is 0 Å². The first-order chi connectivity index (χ1) is 14.4. The molecule has 0 unspecified atom stereocenters. The van der Waals surface area contributed by atoms with Gasteiger partial charge in [0.05, 0.1) is 11.3 Å². The van der Waals surface area contributed by atoms with Gasteiger partial charge in [0, 0.05) is 10.7 Å². The molecule has 1 aliphatic rings. The number of halogens is 1. The SMILES string of the molecule is Cc1ccc(NC2=C(c3ccccc3)C(=O)N(c3ccc(Cl)cc3C)C2=O)c(C)c1. The minimum Gasteiger partial charge on any atom is -0.350 e. The van der Waals surface area contributed by atoms with Gasteiger partial charge in [0.1, 0.15) is 5.70 Å². The largest absolute Gasteiger partial charge is 0.350 e. The summed E-state index contributed by atoms with van der Waals surface area (Å²) in [6.45, 7) is 5.82. The average molecular weight is 417 g/mol. The third kappa shape index (κ3) is 3.51. The molecule has 0 radical (unpaired) electrons.